The van der Waals surface area contributed by atoms with Gasteiger partial charge in [-0.1, -0.05) is 0 Å². The summed E-state index contributed by atoms with van der Waals surface area (Å²) in [4.78, 5) is 8.90. The summed E-state index contributed by atoms with van der Waals surface area (Å²) in [6, 6.07) is 9.96. The molecule has 0 saturated carbocycles. The Labute approximate surface area is 115 Å². The standard InChI is InChI=1S/C15H14FN3O/c16-11-5-7-12(8-6-11)19-14(4-2-10-20)18-13-3-1-9-17-15(13)19/h1,3,5-9,20H,2,4,10H2. The monoisotopic (exact) mass is 271 g/mol. The quantitative estimate of drug-likeness (QED) is 0.793. The molecule has 1 N–H and O–H groups in total. The number of imidazole rings is 1. The van der Waals surface area contributed by atoms with Gasteiger partial charge in [0.15, 0.2) is 5.65 Å². The normalized spacial score (nSPS) is 11.1. The van der Waals surface area contributed by atoms with E-state index >= 15 is 0 Å². The van der Waals surface area contributed by atoms with Gasteiger partial charge in [-0.3, -0.25) is 4.57 Å². The van der Waals surface area contributed by atoms with Crippen LogP contribution in [0.25, 0.3) is 16.9 Å². The molecule has 0 atom stereocenters. The van der Waals surface area contributed by atoms with Crippen LogP contribution in [0.2, 0.25) is 0 Å². The van der Waals surface area contributed by atoms with Crippen LogP contribution in [0.4, 0.5) is 4.39 Å². The van der Waals surface area contributed by atoms with Gasteiger partial charge in [0.2, 0.25) is 0 Å². The highest BCUT2D eigenvalue weighted by Gasteiger charge is 2.12. The highest BCUT2D eigenvalue weighted by Crippen LogP contribution is 2.20. The van der Waals surface area contributed by atoms with Crippen LogP contribution in [-0.4, -0.2) is 26.2 Å². The molecule has 20 heavy (non-hydrogen) atoms. The summed E-state index contributed by atoms with van der Waals surface area (Å²) in [6.45, 7) is 0.111. The Kier molecular flexibility index (Phi) is 3.43. The van der Waals surface area contributed by atoms with Gasteiger partial charge in [0.1, 0.15) is 17.2 Å². The molecule has 0 bridgehead atoms. The smallest absolute Gasteiger partial charge is 0.164 e. The van der Waals surface area contributed by atoms with Gasteiger partial charge in [-0.15, -0.1) is 0 Å². The summed E-state index contributed by atoms with van der Waals surface area (Å²) in [6.07, 6.45) is 2.98. The van der Waals surface area contributed by atoms with E-state index in [0.717, 1.165) is 22.7 Å². The lowest BCUT2D eigenvalue weighted by molar-refractivity contribution is 0.287. The maximum absolute atomic E-state index is 13.1. The fraction of sp³-hybridized carbons (Fsp3) is 0.200. The van der Waals surface area contributed by atoms with E-state index in [4.69, 9.17) is 5.11 Å². The van der Waals surface area contributed by atoms with Crippen molar-refractivity contribution >= 4 is 11.2 Å². The van der Waals surface area contributed by atoms with Gasteiger partial charge >= 0.3 is 0 Å². The van der Waals surface area contributed by atoms with E-state index in [1.54, 1.807) is 18.3 Å². The molecule has 3 rings (SSSR count). The van der Waals surface area contributed by atoms with Crippen molar-refractivity contribution in [1.29, 1.82) is 0 Å². The zero-order chi connectivity index (χ0) is 13.9. The molecular weight excluding hydrogens is 257 g/mol. The van der Waals surface area contributed by atoms with Crippen LogP contribution in [0.1, 0.15) is 12.2 Å². The molecule has 102 valence electrons. The molecule has 0 unspecified atom stereocenters. The average Bonchev–Trinajstić information content (AvgIpc) is 2.84. The molecule has 2 heterocycles. The number of aliphatic hydroxyl groups excluding tert-OH is 1. The number of pyridine rings is 1. The molecule has 3 aromatic rings. The van der Waals surface area contributed by atoms with Crippen LogP contribution < -0.4 is 0 Å². The molecule has 0 aliphatic carbocycles. The van der Waals surface area contributed by atoms with Crippen molar-refractivity contribution < 1.29 is 9.50 Å². The number of nitrogens with zero attached hydrogens (tertiary/aromatic N) is 3. The summed E-state index contributed by atoms with van der Waals surface area (Å²) in [7, 11) is 0. The Bertz CT molecular complexity index is 722. The van der Waals surface area contributed by atoms with Crippen molar-refractivity contribution in [2.75, 3.05) is 6.61 Å². The number of hydrogen-bond acceptors (Lipinski definition) is 3. The van der Waals surface area contributed by atoms with Gasteiger partial charge in [-0.2, -0.15) is 0 Å². The summed E-state index contributed by atoms with van der Waals surface area (Å²) in [5, 5.41) is 9.00. The van der Waals surface area contributed by atoms with E-state index in [9.17, 15) is 4.39 Å². The molecule has 0 aliphatic heterocycles. The topological polar surface area (TPSA) is 50.9 Å². The van der Waals surface area contributed by atoms with Crippen LogP contribution in [0.5, 0.6) is 0 Å². The van der Waals surface area contributed by atoms with Crippen molar-refractivity contribution in [3.8, 4) is 5.69 Å². The fourth-order valence-electron chi connectivity index (χ4n) is 2.23. The largest absolute Gasteiger partial charge is 0.396 e. The van der Waals surface area contributed by atoms with Crippen LogP contribution >= 0.6 is 0 Å². The highest BCUT2D eigenvalue weighted by atomic mass is 19.1. The van der Waals surface area contributed by atoms with Crippen LogP contribution in [0, 0.1) is 5.82 Å². The first-order valence-electron chi connectivity index (χ1n) is 6.49. The molecule has 4 nitrogen and oxygen atoms in total. The lowest BCUT2D eigenvalue weighted by Crippen LogP contribution is -2.03. The molecule has 0 amide bonds. The van der Waals surface area contributed by atoms with E-state index in [1.165, 1.54) is 12.1 Å². The van der Waals surface area contributed by atoms with Crippen molar-refractivity contribution in [3.63, 3.8) is 0 Å². The summed E-state index contributed by atoms with van der Waals surface area (Å²) in [5.74, 6) is 0.544. The Hall–Kier alpha value is -2.27. The second-order valence-corrected chi connectivity index (χ2v) is 4.51. The summed E-state index contributed by atoms with van der Waals surface area (Å²) in [5.41, 5.74) is 2.36. The third kappa shape index (κ3) is 2.28. The predicted octanol–water partition coefficient (Wildman–Crippen LogP) is 2.48. The Morgan fingerprint density at radius 3 is 2.70 bits per heavy atom. The van der Waals surface area contributed by atoms with Crippen molar-refractivity contribution in [3.05, 3.63) is 54.2 Å². The first-order valence-corrected chi connectivity index (χ1v) is 6.49. The molecule has 2 aromatic heterocycles. The Morgan fingerprint density at radius 2 is 1.95 bits per heavy atom. The molecular formula is C15H14FN3O. The summed E-state index contributed by atoms with van der Waals surface area (Å²) >= 11 is 0. The zero-order valence-corrected chi connectivity index (χ0v) is 10.8. The number of fused-ring (bicyclic) bond motifs is 1. The van der Waals surface area contributed by atoms with Crippen LogP contribution in [0.15, 0.2) is 42.6 Å². The van der Waals surface area contributed by atoms with E-state index in [2.05, 4.69) is 9.97 Å². The minimum Gasteiger partial charge on any atom is -0.396 e. The summed E-state index contributed by atoms with van der Waals surface area (Å²) < 4.78 is 15.0. The Balaban J connectivity index is 2.17. The molecule has 0 spiro atoms. The maximum atomic E-state index is 13.1. The second-order valence-electron chi connectivity index (χ2n) is 4.51. The minimum atomic E-state index is -0.275. The number of aliphatic hydroxyl groups is 1. The molecule has 0 aliphatic rings. The van der Waals surface area contributed by atoms with Gasteiger partial charge in [0.05, 0.1) is 0 Å². The third-order valence-corrected chi connectivity index (χ3v) is 3.13. The van der Waals surface area contributed by atoms with Crippen LogP contribution in [0.3, 0.4) is 0 Å². The number of hydrogen-bond donors (Lipinski definition) is 1. The molecule has 1 aromatic carbocycles. The SMILES string of the molecule is OCCCc1nc2cccnc2n1-c1ccc(F)cc1. The van der Waals surface area contributed by atoms with E-state index in [-0.39, 0.29) is 12.4 Å². The van der Waals surface area contributed by atoms with E-state index < -0.39 is 0 Å². The lowest BCUT2D eigenvalue weighted by Gasteiger charge is -2.08. The van der Waals surface area contributed by atoms with Crippen molar-refractivity contribution in [1.82, 2.24) is 14.5 Å². The predicted molar refractivity (Wildman–Crippen MR) is 74.2 cm³/mol. The van der Waals surface area contributed by atoms with Gasteiger partial charge in [-0.05, 0) is 42.8 Å². The van der Waals surface area contributed by atoms with Crippen LogP contribution in [-0.2, 0) is 6.42 Å². The maximum Gasteiger partial charge on any atom is 0.164 e. The molecule has 5 heteroatoms. The van der Waals surface area contributed by atoms with E-state index in [1.807, 2.05) is 16.7 Å². The highest BCUT2D eigenvalue weighted by molar-refractivity contribution is 5.73. The van der Waals surface area contributed by atoms with Gasteiger partial charge < -0.3 is 5.11 Å². The van der Waals surface area contributed by atoms with Gasteiger partial charge in [-0.25, -0.2) is 14.4 Å². The molecule has 0 fully saturated rings. The molecule has 0 radical (unpaired) electrons. The fourth-order valence-corrected chi connectivity index (χ4v) is 2.23. The lowest BCUT2D eigenvalue weighted by atomic mass is 10.2. The minimum absolute atomic E-state index is 0.111. The number of aryl methyl sites for hydroxylation is 1. The zero-order valence-electron chi connectivity index (χ0n) is 10.8. The first-order chi connectivity index (χ1) is 9.79. The van der Waals surface area contributed by atoms with Crippen molar-refractivity contribution in [2.24, 2.45) is 0 Å². The number of rotatable bonds is 4. The third-order valence-electron chi connectivity index (χ3n) is 3.13. The Morgan fingerprint density at radius 1 is 1.15 bits per heavy atom. The van der Waals surface area contributed by atoms with E-state index in [0.29, 0.717) is 12.8 Å². The van der Waals surface area contributed by atoms with Crippen molar-refractivity contribution in [2.45, 2.75) is 12.8 Å². The van der Waals surface area contributed by atoms with Gasteiger partial charge in [0, 0.05) is 24.9 Å². The number of aromatic nitrogens is 3. The number of benzene rings is 1. The second kappa shape index (κ2) is 5.38. The first kappa shape index (κ1) is 12.7. The number of halogens is 1. The average molecular weight is 271 g/mol. The molecule has 0 saturated heterocycles. The van der Waals surface area contributed by atoms with Gasteiger partial charge in [0.25, 0.3) is 0 Å².